The summed E-state index contributed by atoms with van der Waals surface area (Å²) >= 11 is 0. The summed E-state index contributed by atoms with van der Waals surface area (Å²) in [6.45, 7) is 2.75. The molecule has 1 aromatic carbocycles. The summed E-state index contributed by atoms with van der Waals surface area (Å²) < 4.78 is 1.90. The second-order valence-corrected chi connectivity index (χ2v) is 6.89. The number of hydrogen-bond acceptors (Lipinski definition) is 3. The SMILES string of the molecule is Cc1ccn2cc(C(=O)N3CCC[C@@H]3c3nc4ccccc4[nH]3)nc2c1. The number of aryl methyl sites for hydroxylation is 1. The van der Waals surface area contributed by atoms with Crippen LogP contribution in [0.4, 0.5) is 0 Å². The van der Waals surface area contributed by atoms with E-state index in [1.807, 2.05) is 65.0 Å². The fourth-order valence-corrected chi connectivity index (χ4v) is 3.76. The number of fused-ring (bicyclic) bond motifs is 2. The molecule has 1 N–H and O–H groups in total. The van der Waals surface area contributed by atoms with Crippen LogP contribution in [-0.2, 0) is 0 Å². The molecular formula is C20H19N5O. The van der Waals surface area contributed by atoms with Gasteiger partial charge in [0.15, 0.2) is 0 Å². The molecule has 6 heteroatoms. The lowest BCUT2D eigenvalue weighted by Gasteiger charge is -2.22. The minimum absolute atomic E-state index is 0.0264. The van der Waals surface area contributed by atoms with E-state index in [0.717, 1.165) is 47.5 Å². The van der Waals surface area contributed by atoms with Gasteiger partial charge in [0.1, 0.15) is 17.2 Å². The van der Waals surface area contributed by atoms with Crippen LogP contribution < -0.4 is 0 Å². The minimum atomic E-state index is -0.0330. The van der Waals surface area contributed by atoms with Gasteiger partial charge in [0, 0.05) is 18.9 Å². The van der Waals surface area contributed by atoms with Crippen molar-refractivity contribution >= 4 is 22.6 Å². The number of H-pyrrole nitrogens is 1. The largest absolute Gasteiger partial charge is 0.340 e. The number of imidazole rings is 2. The van der Waals surface area contributed by atoms with E-state index in [4.69, 9.17) is 4.98 Å². The molecule has 4 aromatic rings. The molecule has 6 nitrogen and oxygen atoms in total. The summed E-state index contributed by atoms with van der Waals surface area (Å²) in [6.07, 6.45) is 5.64. The molecule has 130 valence electrons. The number of likely N-dealkylation sites (tertiary alicyclic amines) is 1. The summed E-state index contributed by atoms with van der Waals surface area (Å²) in [7, 11) is 0. The van der Waals surface area contributed by atoms with Crippen molar-refractivity contribution in [1.82, 2.24) is 24.3 Å². The third-order valence-electron chi connectivity index (χ3n) is 5.07. The molecule has 0 unspecified atom stereocenters. The standard InChI is InChI=1S/C20H19N5O/c1-13-8-10-24-12-16(21-18(24)11-13)20(26)25-9-4-7-17(25)19-22-14-5-2-3-6-15(14)23-19/h2-3,5-6,8,10-12,17H,4,7,9H2,1H3,(H,22,23)/t17-/m1/s1. The van der Waals surface area contributed by atoms with Crippen LogP contribution >= 0.6 is 0 Å². The fraction of sp³-hybridized carbons (Fsp3) is 0.250. The van der Waals surface area contributed by atoms with Gasteiger partial charge in [-0.15, -0.1) is 0 Å². The molecule has 1 fully saturated rings. The first-order valence-corrected chi connectivity index (χ1v) is 8.90. The Labute approximate surface area is 150 Å². The van der Waals surface area contributed by atoms with Gasteiger partial charge in [-0.2, -0.15) is 0 Å². The van der Waals surface area contributed by atoms with Crippen molar-refractivity contribution in [2.24, 2.45) is 0 Å². The molecule has 3 aromatic heterocycles. The Kier molecular flexibility index (Phi) is 3.31. The average Bonchev–Trinajstić information content (AvgIpc) is 3.36. The first-order chi connectivity index (χ1) is 12.7. The molecule has 26 heavy (non-hydrogen) atoms. The molecule has 1 aliphatic heterocycles. The highest BCUT2D eigenvalue weighted by molar-refractivity contribution is 5.93. The van der Waals surface area contributed by atoms with Crippen molar-refractivity contribution in [2.45, 2.75) is 25.8 Å². The molecular weight excluding hydrogens is 326 g/mol. The van der Waals surface area contributed by atoms with Crippen LogP contribution in [0.2, 0.25) is 0 Å². The lowest BCUT2D eigenvalue weighted by Crippen LogP contribution is -2.31. The van der Waals surface area contributed by atoms with Crippen LogP contribution in [0, 0.1) is 6.92 Å². The van der Waals surface area contributed by atoms with Crippen LogP contribution in [0.3, 0.4) is 0 Å². The van der Waals surface area contributed by atoms with Crippen molar-refractivity contribution in [2.75, 3.05) is 6.54 Å². The second kappa shape index (κ2) is 5.69. The number of nitrogens with one attached hydrogen (secondary N) is 1. The van der Waals surface area contributed by atoms with Crippen molar-refractivity contribution < 1.29 is 4.79 Å². The zero-order chi connectivity index (χ0) is 17.7. The number of rotatable bonds is 2. The first kappa shape index (κ1) is 15.1. The summed E-state index contributed by atoms with van der Waals surface area (Å²) in [5.41, 5.74) is 4.35. The third-order valence-corrected chi connectivity index (χ3v) is 5.07. The number of hydrogen-bond donors (Lipinski definition) is 1. The first-order valence-electron chi connectivity index (χ1n) is 8.90. The van der Waals surface area contributed by atoms with Crippen LogP contribution in [0.5, 0.6) is 0 Å². The number of nitrogens with zero attached hydrogens (tertiary/aromatic N) is 4. The van der Waals surface area contributed by atoms with Gasteiger partial charge in [0.2, 0.25) is 0 Å². The molecule has 0 bridgehead atoms. The number of amides is 1. The number of carbonyl (C=O) groups excluding carboxylic acids is 1. The van der Waals surface area contributed by atoms with E-state index in [1.54, 1.807) is 0 Å². The Morgan fingerprint density at radius 3 is 3.00 bits per heavy atom. The van der Waals surface area contributed by atoms with Gasteiger partial charge in [-0.25, -0.2) is 9.97 Å². The Morgan fingerprint density at radius 2 is 2.12 bits per heavy atom. The molecule has 1 amide bonds. The van der Waals surface area contributed by atoms with Crippen LogP contribution in [0.15, 0.2) is 48.8 Å². The maximum Gasteiger partial charge on any atom is 0.274 e. The van der Waals surface area contributed by atoms with E-state index < -0.39 is 0 Å². The Balaban J connectivity index is 1.49. The molecule has 1 atom stereocenters. The van der Waals surface area contributed by atoms with E-state index >= 15 is 0 Å². The predicted octanol–water partition coefficient (Wildman–Crippen LogP) is 3.50. The maximum atomic E-state index is 13.1. The van der Waals surface area contributed by atoms with Crippen molar-refractivity contribution in [1.29, 1.82) is 0 Å². The quantitative estimate of drug-likeness (QED) is 0.605. The maximum absolute atomic E-state index is 13.1. The molecule has 0 radical (unpaired) electrons. The normalized spacial score (nSPS) is 17.4. The monoisotopic (exact) mass is 345 g/mol. The molecule has 5 rings (SSSR count). The summed E-state index contributed by atoms with van der Waals surface area (Å²) in [5, 5.41) is 0. The van der Waals surface area contributed by atoms with Gasteiger partial charge in [-0.05, 0) is 49.6 Å². The van der Waals surface area contributed by atoms with Gasteiger partial charge in [-0.1, -0.05) is 12.1 Å². The van der Waals surface area contributed by atoms with Crippen molar-refractivity contribution in [3.8, 4) is 0 Å². The molecule has 4 heterocycles. The van der Waals surface area contributed by atoms with Gasteiger partial charge in [-0.3, -0.25) is 4.79 Å². The van der Waals surface area contributed by atoms with Crippen LogP contribution in [0.1, 0.15) is 40.8 Å². The van der Waals surface area contributed by atoms with Gasteiger partial charge in [0.25, 0.3) is 5.91 Å². The predicted molar refractivity (Wildman–Crippen MR) is 99.0 cm³/mol. The average molecular weight is 345 g/mol. The van der Waals surface area contributed by atoms with E-state index in [9.17, 15) is 4.79 Å². The van der Waals surface area contributed by atoms with Gasteiger partial charge < -0.3 is 14.3 Å². The van der Waals surface area contributed by atoms with Crippen LogP contribution in [0.25, 0.3) is 16.7 Å². The lowest BCUT2D eigenvalue weighted by molar-refractivity contribution is 0.0725. The Bertz CT molecular complexity index is 1090. The van der Waals surface area contributed by atoms with Crippen molar-refractivity contribution in [3.63, 3.8) is 0 Å². The van der Waals surface area contributed by atoms with Crippen molar-refractivity contribution in [3.05, 3.63) is 65.9 Å². The summed E-state index contributed by atoms with van der Waals surface area (Å²) in [4.78, 5) is 27.6. The van der Waals surface area contributed by atoms with E-state index in [2.05, 4.69) is 9.97 Å². The van der Waals surface area contributed by atoms with Gasteiger partial charge in [0.05, 0.1) is 17.1 Å². The lowest BCUT2D eigenvalue weighted by atomic mass is 10.2. The number of para-hydroxylation sites is 2. The number of carbonyl (C=O) groups is 1. The highest BCUT2D eigenvalue weighted by Gasteiger charge is 2.33. The topological polar surface area (TPSA) is 66.3 Å². The van der Waals surface area contributed by atoms with E-state index in [0.29, 0.717) is 5.69 Å². The molecule has 1 aliphatic rings. The third kappa shape index (κ3) is 2.37. The summed E-state index contributed by atoms with van der Waals surface area (Å²) in [5.74, 6) is 0.825. The Hall–Kier alpha value is -3.15. The molecule has 1 saturated heterocycles. The summed E-state index contributed by atoms with van der Waals surface area (Å²) in [6, 6.07) is 11.9. The molecule has 0 saturated carbocycles. The zero-order valence-corrected chi connectivity index (χ0v) is 14.5. The number of pyridine rings is 1. The zero-order valence-electron chi connectivity index (χ0n) is 14.5. The highest BCUT2D eigenvalue weighted by Crippen LogP contribution is 2.32. The number of benzene rings is 1. The smallest absolute Gasteiger partial charge is 0.274 e. The number of aromatic nitrogens is 4. The van der Waals surface area contributed by atoms with E-state index in [-0.39, 0.29) is 11.9 Å². The minimum Gasteiger partial charge on any atom is -0.340 e. The van der Waals surface area contributed by atoms with Crippen LogP contribution in [-0.4, -0.2) is 36.7 Å². The van der Waals surface area contributed by atoms with Gasteiger partial charge >= 0.3 is 0 Å². The molecule has 0 spiro atoms. The number of aromatic amines is 1. The second-order valence-electron chi connectivity index (χ2n) is 6.89. The highest BCUT2D eigenvalue weighted by atomic mass is 16.2. The fourth-order valence-electron chi connectivity index (χ4n) is 3.76. The Morgan fingerprint density at radius 1 is 1.23 bits per heavy atom. The van der Waals surface area contributed by atoms with E-state index in [1.165, 1.54) is 0 Å². The molecule has 0 aliphatic carbocycles.